The number of aliphatic hydroxyl groups is 1. The van der Waals surface area contributed by atoms with E-state index in [1.807, 2.05) is 19.9 Å². The Morgan fingerprint density at radius 3 is 2.53 bits per heavy atom. The molecule has 0 aromatic heterocycles. The highest BCUT2D eigenvalue weighted by Crippen LogP contribution is 2.47. The smallest absolute Gasteiger partial charge is 0.165 e. The molecule has 0 aliphatic carbocycles. The van der Waals surface area contributed by atoms with E-state index < -0.39 is 0 Å². The minimum absolute atomic E-state index is 0.0883. The molecule has 1 aromatic rings. The third-order valence-corrected chi connectivity index (χ3v) is 4.10. The number of aliphatic hydroxyl groups excluding tert-OH is 1. The zero-order valence-corrected chi connectivity index (χ0v) is 13.5. The van der Waals surface area contributed by atoms with Crippen molar-refractivity contribution in [1.82, 2.24) is 0 Å². The van der Waals surface area contributed by atoms with Crippen LogP contribution in [-0.2, 0) is 5.41 Å². The molecule has 0 spiro atoms. The first kappa shape index (κ1) is 14.7. The summed E-state index contributed by atoms with van der Waals surface area (Å²) >= 11 is 3.62. The molecule has 0 unspecified atom stereocenters. The number of hydrogen-bond donors (Lipinski definition) is 1. The molecule has 0 atom stereocenters. The second kappa shape index (κ2) is 5.33. The van der Waals surface area contributed by atoms with Crippen molar-refractivity contribution in [3.05, 3.63) is 21.7 Å². The molecule has 19 heavy (non-hydrogen) atoms. The fourth-order valence-electron chi connectivity index (χ4n) is 2.50. The zero-order valence-electron chi connectivity index (χ0n) is 11.9. The van der Waals surface area contributed by atoms with Crippen LogP contribution >= 0.6 is 15.9 Å². The van der Waals surface area contributed by atoms with Gasteiger partial charge in [-0.1, -0.05) is 43.6 Å². The van der Waals surface area contributed by atoms with Crippen LogP contribution in [0.4, 0.5) is 0 Å². The summed E-state index contributed by atoms with van der Waals surface area (Å²) in [4.78, 5) is 0. The van der Waals surface area contributed by atoms with Crippen molar-refractivity contribution in [3.63, 3.8) is 0 Å². The van der Waals surface area contributed by atoms with Gasteiger partial charge < -0.3 is 14.6 Å². The number of ether oxygens (including phenoxy) is 2. The van der Waals surface area contributed by atoms with E-state index in [4.69, 9.17) is 9.47 Å². The molecule has 1 aliphatic heterocycles. The van der Waals surface area contributed by atoms with Gasteiger partial charge in [0.15, 0.2) is 11.5 Å². The van der Waals surface area contributed by atoms with Gasteiger partial charge in [-0.2, -0.15) is 0 Å². The highest BCUT2D eigenvalue weighted by molar-refractivity contribution is 9.10. The SMILES string of the molecule is CC(C)c1c2c(cc(Br)c1C(C)(C)CO)OCCO2. The quantitative estimate of drug-likeness (QED) is 0.921. The van der Waals surface area contributed by atoms with Gasteiger partial charge >= 0.3 is 0 Å². The topological polar surface area (TPSA) is 38.7 Å². The third kappa shape index (κ3) is 2.61. The van der Waals surface area contributed by atoms with Gasteiger partial charge in [-0.05, 0) is 17.5 Å². The van der Waals surface area contributed by atoms with Crippen LogP contribution in [0, 0.1) is 0 Å². The molecular formula is C15H21BrO3. The fourth-order valence-corrected chi connectivity index (χ4v) is 3.46. The minimum Gasteiger partial charge on any atom is -0.486 e. The molecule has 0 amide bonds. The van der Waals surface area contributed by atoms with E-state index in [0.717, 1.165) is 27.1 Å². The Bertz CT molecular complexity index is 481. The van der Waals surface area contributed by atoms with Crippen molar-refractivity contribution in [3.8, 4) is 11.5 Å². The Balaban J connectivity index is 2.72. The Morgan fingerprint density at radius 2 is 1.95 bits per heavy atom. The molecule has 0 fully saturated rings. The lowest BCUT2D eigenvalue weighted by Gasteiger charge is -2.32. The molecular weight excluding hydrogens is 308 g/mol. The van der Waals surface area contributed by atoms with Crippen LogP contribution in [0.3, 0.4) is 0 Å². The lowest BCUT2D eigenvalue weighted by atomic mass is 9.79. The molecule has 3 nitrogen and oxygen atoms in total. The Labute approximate surface area is 123 Å². The predicted molar refractivity (Wildman–Crippen MR) is 79.3 cm³/mol. The van der Waals surface area contributed by atoms with Gasteiger partial charge in [0.2, 0.25) is 0 Å². The monoisotopic (exact) mass is 328 g/mol. The number of benzene rings is 1. The van der Waals surface area contributed by atoms with Gasteiger partial charge in [0.1, 0.15) is 13.2 Å². The second-order valence-corrected chi connectivity index (χ2v) is 6.72. The van der Waals surface area contributed by atoms with Crippen LogP contribution in [0.2, 0.25) is 0 Å². The van der Waals surface area contributed by atoms with Crippen LogP contribution in [0.15, 0.2) is 10.5 Å². The minimum atomic E-state index is -0.325. The van der Waals surface area contributed by atoms with E-state index in [1.54, 1.807) is 0 Å². The van der Waals surface area contributed by atoms with E-state index in [9.17, 15) is 5.11 Å². The molecule has 1 aliphatic rings. The maximum absolute atomic E-state index is 9.69. The average molecular weight is 329 g/mol. The van der Waals surface area contributed by atoms with Crippen LogP contribution in [0.1, 0.15) is 44.7 Å². The molecule has 0 radical (unpaired) electrons. The Morgan fingerprint density at radius 1 is 1.32 bits per heavy atom. The summed E-state index contributed by atoms with van der Waals surface area (Å²) in [6, 6.07) is 1.95. The molecule has 0 saturated carbocycles. The van der Waals surface area contributed by atoms with Crippen molar-refractivity contribution >= 4 is 15.9 Å². The first-order valence-corrected chi connectivity index (χ1v) is 7.41. The highest BCUT2D eigenvalue weighted by atomic mass is 79.9. The molecule has 0 bridgehead atoms. The lowest BCUT2D eigenvalue weighted by Crippen LogP contribution is -2.27. The van der Waals surface area contributed by atoms with Crippen LogP contribution in [0.5, 0.6) is 11.5 Å². The number of hydrogen-bond acceptors (Lipinski definition) is 3. The second-order valence-electron chi connectivity index (χ2n) is 5.87. The van der Waals surface area contributed by atoms with E-state index in [-0.39, 0.29) is 12.0 Å². The summed E-state index contributed by atoms with van der Waals surface area (Å²) in [7, 11) is 0. The largest absolute Gasteiger partial charge is 0.486 e. The average Bonchev–Trinajstić information content (AvgIpc) is 2.36. The van der Waals surface area contributed by atoms with Crippen LogP contribution in [-0.4, -0.2) is 24.9 Å². The van der Waals surface area contributed by atoms with Gasteiger partial charge in [-0.3, -0.25) is 0 Å². The van der Waals surface area contributed by atoms with Crippen molar-refractivity contribution in [2.24, 2.45) is 0 Å². The first-order valence-electron chi connectivity index (χ1n) is 6.62. The van der Waals surface area contributed by atoms with Gasteiger partial charge in [0, 0.05) is 15.5 Å². The van der Waals surface area contributed by atoms with Crippen LogP contribution in [0.25, 0.3) is 0 Å². The normalized spacial score (nSPS) is 14.9. The molecule has 2 rings (SSSR count). The van der Waals surface area contributed by atoms with E-state index in [2.05, 4.69) is 29.8 Å². The van der Waals surface area contributed by atoms with Crippen molar-refractivity contribution < 1.29 is 14.6 Å². The van der Waals surface area contributed by atoms with Gasteiger partial charge in [0.05, 0.1) is 6.61 Å². The van der Waals surface area contributed by atoms with Crippen LogP contribution < -0.4 is 9.47 Å². The fraction of sp³-hybridized carbons (Fsp3) is 0.600. The zero-order chi connectivity index (χ0) is 14.2. The summed E-state index contributed by atoms with van der Waals surface area (Å²) in [5, 5.41) is 9.69. The highest BCUT2D eigenvalue weighted by Gasteiger charge is 2.32. The predicted octanol–water partition coefficient (Wildman–Crippen LogP) is 3.61. The van der Waals surface area contributed by atoms with Gasteiger partial charge in [-0.15, -0.1) is 0 Å². The first-order chi connectivity index (χ1) is 8.88. The molecule has 0 saturated heterocycles. The van der Waals surface area contributed by atoms with Crippen molar-refractivity contribution in [2.75, 3.05) is 19.8 Å². The third-order valence-electron chi connectivity index (χ3n) is 3.47. The number of rotatable bonds is 3. The summed E-state index contributed by atoms with van der Waals surface area (Å²) in [6.07, 6.45) is 0. The standard InChI is InChI=1S/C15H21BrO3/c1-9(2)12-13(15(3,4)8-17)10(16)7-11-14(12)19-6-5-18-11/h7,9,17H,5-6,8H2,1-4H3. The van der Waals surface area contributed by atoms with Crippen molar-refractivity contribution in [1.29, 1.82) is 0 Å². The van der Waals surface area contributed by atoms with E-state index in [1.165, 1.54) is 0 Å². The number of halogens is 1. The van der Waals surface area contributed by atoms with E-state index in [0.29, 0.717) is 19.1 Å². The van der Waals surface area contributed by atoms with Crippen molar-refractivity contribution in [2.45, 2.75) is 39.0 Å². The maximum atomic E-state index is 9.69. The molecule has 1 aromatic carbocycles. The molecule has 106 valence electrons. The lowest BCUT2D eigenvalue weighted by molar-refractivity contribution is 0.167. The summed E-state index contributed by atoms with van der Waals surface area (Å²) in [6.45, 7) is 9.59. The Hall–Kier alpha value is -0.740. The van der Waals surface area contributed by atoms with Gasteiger partial charge in [0.25, 0.3) is 0 Å². The molecule has 1 N–H and O–H groups in total. The maximum Gasteiger partial charge on any atom is 0.165 e. The Kier molecular flexibility index (Phi) is 4.11. The summed E-state index contributed by atoms with van der Waals surface area (Å²) < 4.78 is 12.5. The summed E-state index contributed by atoms with van der Waals surface area (Å²) in [5.74, 6) is 1.93. The molecule has 4 heteroatoms. The van der Waals surface area contributed by atoms with E-state index >= 15 is 0 Å². The molecule has 1 heterocycles. The van der Waals surface area contributed by atoms with Gasteiger partial charge in [-0.25, -0.2) is 0 Å². The summed E-state index contributed by atoms with van der Waals surface area (Å²) in [5.41, 5.74) is 1.91. The number of fused-ring (bicyclic) bond motifs is 1.